The van der Waals surface area contributed by atoms with Gasteiger partial charge in [0.1, 0.15) is 5.02 Å². The SMILES string of the molecule is COc1cc(Cl)c(-c2c(Cl)c(=O)c2=O)cc1OC. The molecule has 0 amide bonds. The molecule has 0 N–H and O–H groups in total. The van der Waals surface area contributed by atoms with Gasteiger partial charge in [0.05, 0.1) is 24.8 Å². The van der Waals surface area contributed by atoms with E-state index in [9.17, 15) is 9.59 Å². The van der Waals surface area contributed by atoms with E-state index < -0.39 is 10.9 Å². The van der Waals surface area contributed by atoms with Crippen molar-refractivity contribution >= 4 is 23.2 Å². The zero-order chi connectivity index (χ0) is 13.4. The van der Waals surface area contributed by atoms with Gasteiger partial charge in [0.15, 0.2) is 11.5 Å². The molecule has 18 heavy (non-hydrogen) atoms. The van der Waals surface area contributed by atoms with E-state index in [2.05, 4.69) is 0 Å². The van der Waals surface area contributed by atoms with Crippen molar-refractivity contribution in [3.8, 4) is 22.6 Å². The lowest BCUT2D eigenvalue weighted by Gasteiger charge is -2.13. The van der Waals surface area contributed by atoms with Crippen molar-refractivity contribution in [3.05, 3.63) is 42.6 Å². The number of ether oxygens (including phenoxy) is 2. The maximum atomic E-state index is 11.5. The van der Waals surface area contributed by atoms with E-state index >= 15 is 0 Å². The van der Waals surface area contributed by atoms with Gasteiger partial charge in [-0.1, -0.05) is 23.2 Å². The second-order valence-corrected chi connectivity index (χ2v) is 4.32. The Kier molecular flexibility index (Phi) is 3.32. The molecule has 2 rings (SSSR count). The molecule has 0 atom stereocenters. The van der Waals surface area contributed by atoms with E-state index in [0.29, 0.717) is 17.1 Å². The summed E-state index contributed by atoms with van der Waals surface area (Å²) in [5.41, 5.74) is -0.858. The summed E-state index contributed by atoms with van der Waals surface area (Å²) in [7, 11) is 2.93. The van der Waals surface area contributed by atoms with Gasteiger partial charge in [-0.25, -0.2) is 0 Å². The average molecular weight is 287 g/mol. The maximum Gasteiger partial charge on any atom is 0.245 e. The highest BCUT2D eigenvalue weighted by Gasteiger charge is 2.24. The summed E-state index contributed by atoms with van der Waals surface area (Å²) in [6.45, 7) is 0. The van der Waals surface area contributed by atoms with Gasteiger partial charge in [0, 0.05) is 11.6 Å². The van der Waals surface area contributed by atoms with E-state index in [1.54, 1.807) is 0 Å². The van der Waals surface area contributed by atoms with Crippen molar-refractivity contribution in [1.29, 1.82) is 0 Å². The molecule has 0 aliphatic heterocycles. The lowest BCUT2D eigenvalue weighted by atomic mass is 10.0. The molecular weight excluding hydrogens is 279 g/mol. The zero-order valence-electron chi connectivity index (χ0n) is 9.54. The smallest absolute Gasteiger partial charge is 0.245 e. The number of methoxy groups -OCH3 is 2. The molecule has 0 heterocycles. The second-order valence-electron chi connectivity index (χ2n) is 3.53. The van der Waals surface area contributed by atoms with Crippen molar-refractivity contribution in [2.45, 2.75) is 0 Å². The Balaban J connectivity index is 2.67. The van der Waals surface area contributed by atoms with Gasteiger partial charge in [-0.3, -0.25) is 9.59 Å². The van der Waals surface area contributed by atoms with E-state index in [-0.39, 0.29) is 15.6 Å². The second kappa shape index (κ2) is 4.63. The largest absolute Gasteiger partial charge is 0.493 e. The van der Waals surface area contributed by atoms with Gasteiger partial charge in [0.25, 0.3) is 0 Å². The van der Waals surface area contributed by atoms with Crippen molar-refractivity contribution in [1.82, 2.24) is 0 Å². The van der Waals surface area contributed by atoms with Crippen LogP contribution in [0.15, 0.2) is 21.7 Å². The van der Waals surface area contributed by atoms with E-state index in [1.165, 1.54) is 26.4 Å². The highest BCUT2D eigenvalue weighted by atomic mass is 35.5. The zero-order valence-corrected chi connectivity index (χ0v) is 11.1. The normalized spacial score (nSPS) is 10.7. The van der Waals surface area contributed by atoms with Gasteiger partial charge in [0.2, 0.25) is 10.9 Å². The summed E-state index contributed by atoms with van der Waals surface area (Å²) in [4.78, 5) is 22.6. The summed E-state index contributed by atoms with van der Waals surface area (Å²) in [6.07, 6.45) is 0. The lowest BCUT2D eigenvalue weighted by Crippen LogP contribution is -2.33. The van der Waals surface area contributed by atoms with Crippen molar-refractivity contribution in [2.75, 3.05) is 14.2 Å². The number of hydrogen-bond acceptors (Lipinski definition) is 4. The fourth-order valence-corrected chi connectivity index (χ4v) is 2.17. The third kappa shape index (κ3) is 1.78. The third-order valence-corrected chi connectivity index (χ3v) is 3.27. The highest BCUT2D eigenvalue weighted by molar-refractivity contribution is 6.37. The number of rotatable bonds is 3. The first-order valence-electron chi connectivity index (χ1n) is 4.92. The molecule has 0 aromatic heterocycles. The van der Waals surface area contributed by atoms with Crippen LogP contribution in [0.3, 0.4) is 0 Å². The van der Waals surface area contributed by atoms with Gasteiger partial charge in [-0.2, -0.15) is 0 Å². The van der Waals surface area contributed by atoms with Gasteiger partial charge in [-0.15, -0.1) is 0 Å². The molecule has 6 heteroatoms. The maximum absolute atomic E-state index is 11.5. The van der Waals surface area contributed by atoms with Crippen LogP contribution in [0, 0.1) is 0 Å². The van der Waals surface area contributed by atoms with Gasteiger partial charge in [-0.05, 0) is 6.07 Å². The van der Waals surface area contributed by atoms with Crippen molar-refractivity contribution < 1.29 is 9.47 Å². The average Bonchev–Trinajstić information content (AvgIpc) is 2.39. The van der Waals surface area contributed by atoms with Crippen LogP contribution < -0.4 is 20.3 Å². The molecule has 0 radical (unpaired) electrons. The molecular formula is C12H8Cl2O4. The first-order chi connectivity index (χ1) is 8.51. The summed E-state index contributed by atoms with van der Waals surface area (Å²) >= 11 is 11.7. The molecule has 2 aromatic rings. The molecule has 0 unspecified atom stereocenters. The summed E-state index contributed by atoms with van der Waals surface area (Å²) in [5, 5.41) is 0.163. The molecule has 2 aromatic carbocycles. The fraction of sp³-hybridized carbons (Fsp3) is 0.167. The van der Waals surface area contributed by atoms with Crippen LogP contribution in [-0.2, 0) is 0 Å². The van der Waals surface area contributed by atoms with E-state index in [4.69, 9.17) is 32.7 Å². The molecule has 0 bridgehead atoms. The number of halogens is 2. The van der Waals surface area contributed by atoms with Crippen LogP contribution in [0.25, 0.3) is 11.1 Å². The molecule has 0 saturated carbocycles. The van der Waals surface area contributed by atoms with Gasteiger partial charge >= 0.3 is 0 Å². The monoisotopic (exact) mass is 286 g/mol. The Morgan fingerprint density at radius 3 is 2.00 bits per heavy atom. The predicted octanol–water partition coefficient (Wildman–Crippen LogP) is 2.27. The van der Waals surface area contributed by atoms with Gasteiger partial charge < -0.3 is 9.47 Å². The lowest BCUT2D eigenvalue weighted by molar-refractivity contribution is 0.355. The third-order valence-electron chi connectivity index (χ3n) is 2.59. The Hall–Kier alpha value is -1.52. The fourth-order valence-electron chi connectivity index (χ4n) is 1.65. The van der Waals surface area contributed by atoms with Crippen LogP contribution >= 0.6 is 23.2 Å². The van der Waals surface area contributed by atoms with Crippen LogP contribution in [0.5, 0.6) is 11.5 Å². The predicted molar refractivity (Wildman–Crippen MR) is 69.9 cm³/mol. The van der Waals surface area contributed by atoms with Crippen molar-refractivity contribution in [2.24, 2.45) is 0 Å². The minimum Gasteiger partial charge on any atom is -0.493 e. The quantitative estimate of drug-likeness (QED) is 0.813. The summed E-state index contributed by atoms with van der Waals surface area (Å²) in [6, 6.07) is 3.02. The molecule has 0 saturated heterocycles. The summed E-state index contributed by atoms with van der Waals surface area (Å²) in [5.74, 6) is 0.835. The number of benzene rings is 1. The Morgan fingerprint density at radius 1 is 0.944 bits per heavy atom. The number of hydrogen-bond donors (Lipinski definition) is 0. The van der Waals surface area contributed by atoms with Crippen LogP contribution in [0.2, 0.25) is 10.0 Å². The van der Waals surface area contributed by atoms with E-state index in [0.717, 1.165) is 0 Å². The Morgan fingerprint density at radius 2 is 1.50 bits per heavy atom. The van der Waals surface area contributed by atoms with Crippen LogP contribution in [-0.4, -0.2) is 14.2 Å². The Labute approximate surface area is 112 Å². The highest BCUT2D eigenvalue weighted by Crippen LogP contribution is 2.39. The summed E-state index contributed by atoms with van der Waals surface area (Å²) < 4.78 is 10.2. The molecule has 0 spiro atoms. The first-order valence-corrected chi connectivity index (χ1v) is 5.67. The molecule has 0 aliphatic rings. The first kappa shape index (κ1) is 12.9. The van der Waals surface area contributed by atoms with E-state index in [1.807, 2.05) is 0 Å². The minimum absolute atomic E-state index is 0.103. The van der Waals surface area contributed by atoms with Crippen LogP contribution in [0.1, 0.15) is 0 Å². The Bertz CT molecular complexity index is 684. The van der Waals surface area contributed by atoms with Crippen LogP contribution in [0.4, 0.5) is 0 Å². The molecule has 0 fully saturated rings. The van der Waals surface area contributed by atoms with Crippen molar-refractivity contribution in [3.63, 3.8) is 0 Å². The molecule has 0 aliphatic carbocycles. The molecule has 94 valence electrons. The minimum atomic E-state index is -0.697. The molecule has 4 nitrogen and oxygen atoms in total. The standard InChI is InChI=1S/C12H8Cl2O4/c1-17-7-3-5(6(13)4-8(7)18-2)9-10(14)12(16)11(9)15/h3-4H,1-2H3. The topological polar surface area (TPSA) is 52.6 Å².